The summed E-state index contributed by atoms with van der Waals surface area (Å²) in [5, 5.41) is 0. The molecule has 126 valence electrons. The van der Waals surface area contributed by atoms with E-state index in [-0.39, 0.29) is 11.9 Å². The lowest BCUT2D eigenvalue weighted by molar-refractivity contribution is 0.0588. The van der Waals surface area contributed by atoms with E-state index >= 15 is 0 Å². The van der Waals surface area contributed by atoms with Gasteiger partial charge in [0, 0.05) is 16.9 Å². The van der Waals surface area contributed by atoms with Gasteiger partial charge in [-0.05, 0) is 81.6 Å². The summed E-state index contributed by atoms with van der Waals surface area (Å²) in [4.78, 5) is 25.4. The number of rotatable bonds is 5. The van der Waals surface area contributed by atoms with Crippen molar-refractivity contribution in [1.82, 2.24) is 0 Å². The zero-order valence-corrected chi connectivity index (χ0v) is 18.6. The minimum atomic E-state index is -0.384. The second-order valence-corrected chi connectivity index (χ2v) is 9.14. The summed E-state index contributed by atoms with van der Waals surface area (Å²) in [6.45, 7) is 0. The van der Waals surface area contributed by atoms with Crippen LogP contribution in [0, 0.1) is 7.14 Å². The minimum Gasteiger partial charge on any atom is -0.465 e. The van der Waals surface area contributed by atoms with E-state index in [1.54, 1.807) is 12.1 Å². The van der Waals surface area contributed by atoms with Crippen molar-refractivity contribution in [2.24, 2.45) is 0 Å². The van der Waals surface area contributed by atoms with Crippen LogP contribution in [0.2, 0.25) is 0 Å². The molecule has 2 aromatic rings. The number of esters is 2. The number of hydrogen-bond donors (Lipinski definition) is 0. The van der Waals surface area contributed by atoms with Crippen LogP contribution in [0.1, 0.15) is 20.7 Å². The minimum absolute atomic E-state index is 0.384. The highest BCUT2D eigenvalue weighted by atomic mass is 127. The number of benzene rings is 2. The number of carbonyl (C=O) groups is 2. The molecule has 0 bridgehead atoms. The second kappa shape index (κ2) is 9.30. The predicted octanol–water partition coefficient (Wildman–Crippen LogP) is 5.27. The van der Waals surface area contributed by atoms with Gasteiger partial charge in [0.05, 0.1) is 25.3 Å². The van der Waals surface area contributed by atoms with Crippen molar-refractivity contribution in [3.63, 3.8) is 0 Å². The van der Waals surface area contributed by atoms with Crippen LogP contribution in [0.3, 0.4) is 0 Å². The van der Waals surface area contributed by atoms with Crippen LogP contribution in [0.25, 0.3) is 0 Å². The number of halogens is 2. The normalized spacial score (nSPS) is 10.3. The Morgan fingerprint density at radius 2 is 1.17 bits per heavy atom. The Hall–Kier alpha value is -0.460. The van der Waals surface area contributed by atoms with Gasteiger partial charge in [-0.1, -0.05) is 21.6 Å². The average Bonchev–Trinajstić information content (AvgIpc) is 2.58. The summed E-state index contributed by atoms with van der Waals surface area (Å²) in [5.74, 6) is -0.768. The SMILES string of the molecule is COC(=O)c1ccc(I)cc1SSc1cc(I)ccc1C(=O)OC. The van der Waals surface area contributed by atoms with Crippen molar-refractivity contribution in [2.75, 3.05) is 14.2 Å². The molecular weight excluding hydrogens is 574 g/mol. The van der Waals surface area contributed by atoms with E-state index in [0.717, 1.165) is 16.9 Å². The Balaban J connectivity index is 2.32. The molecule has 0 saturated carbocycles. The van der Waals surface area contributed by atoms with Gasteiger partial charge in [0.25, 0.3) is 0 Å². The quantitative estimate of drug-likeness (QED) is 0.271. The highest BCUT2D eigenvalue weighted by Gasteiger charge is 2.17. The van der Waals surface area contributed by atoms with Gasteiger partial charge in [0.2, 0.25) is 0 Å². The zero-order chi connectivity index (χ0) is 17.7. The summed E-state index contributed by atoms with van der Waals surface area (Å²) >= 11 is 4.38. The average molecular weight is 586 g/mol. The molecule has 24 heavy (non-hydrogen) atoms. The fourth-order valence-corrected chi connectivity index (χ4v) is 5.56. The maximum atomic E-state index is 11.9. The molecule has 0 aliphatic carbocycles. The van der Waals surface area contributed by atoms with Crippen molar-refractivity contribution < 1.29 is 19.1 Å². The Morgan fingerprint density at radius 1 is 0.792 bits per heavy atom. The van der Waals surface area contributed by atoms with Crippen molar-refractivity contribution in [2.45, 2.75) is 9.79 Å². The third kappa shape index (κ3) is 5.02. The van der Waals surface area contributed by atoms with E-state index < -0.39 is 0 Å². The van der Waals surface area contributed by atoms with Gasteiger partial charge >= 0.3 is 11.9 Å². The van der Waals surface area contributed by atoms with Crippen LogP contribution in [0.15, 0.2) is 46.2 Å². The Labute approximate surface area is 175 Å². The molecule has 0 fully saturated rings. The molecule has 0 unspecified atom stereocenters. The summed E-state index contributed by atoms with van der Waals surface area (Å²) in [6, 6.07) is 11.0. The highest BCUT2D eigenvalue weighted by molar-refractivity contribution is 14.1. The maximum Gasteiger partial charge on any atom is 0.339 e. The lowest BCUT2D eigenvalue weighted by Crippen LogP contribution is -2.04. The molecule has 0 atom stereocenters. The van der Waals surface area contributed by atoms with Crippen LogP contribution in [0.4, 0.5) is 0 Å². The molecular formula is C16H12I2O4S2. The van der Waals surface area contributed by atoms with Gasteiger partial charge in [-0.25, -0.2) is 9.59 Å². The van der Waals surface area contributed by atoms with E-state index in [9.17, 15) is 9.59 Å². The molecule has 0 amide bonds. The van der Waals surface area contributed by atoms with Gasteiger partial charge < -0.3 is 9.47 Å². The number of carbonyl (C=O) groups excluding carboxylic acids is 2. The molecule has 0 aromatic heterocycles. The molecule has 0 radical (unpaired) electrons. The van der Waals surface area contributed by atoms with Gasteiger partial charge in [0.1, 0.15) is 0 Å². The third-order valence-corrected chi connectivity index (χ3v) is 6.71. The third-order valence-electron chi connectivity index (χ3n) is 2.92. The number of methoxy groups -OCH3 is 2. The largest absolute Gasteiger partial charge is 0.465 e. The first-order valence-electron chi connectivity index (χ1n) is 6.56. The van der Waals surface area contributed by atoms with E-state index in [1.807, 2.05) is 24.3 Å². The van der Waals surface area contributed by atoms with Crippen molar-refractivity contribution in [1.29, 1.82) is 0 Å². The standard InChI is InChI=1S/C16H12I2O4S2/c1-21-15(19)11-5-3-9(17)7-13(11)23-24-14-8-10(18)4-6-12(14)16(20)22-2/h3-8H,1-2H3. The molecule has 0 spiro atoms. The van der Waals surface area contributed by atoms with E-state index in [0.29, 0.717) is 11.1 Å². The van der Waals surface area contributed by atoms with Gasteiger partial charge in [0.15, 0.2) is 0 Å². The lowest BCUT2D eigenvalue weighted by Gasteiger charge is -2.10. The molecule has 0 aliphatic heterocycles. The molecule has 4 nitrogen and oxygen atoms in total. The molecule has 8 heteroatoms. The monoisotopic (exact) mass is 586 g/mol. The Kier molecular flexibility index (Phi) is 7.69. The maximum absolute atomic E-state index is 11.9. The molecule has 2 rings (SSSR count). The van der Waals surface area contributed by atoms with Crippen LogP contribution < -0.4 is 0 Å². The first kappa shape index (κ1) is 19.9. The number of ether oxygens (including phenoxy) is 2. The fourth-order valence-electron chi connectivity index (χ4n) is 1.78. The summed E-state index contributed by atoms with van der Waals surface area (Å²) < 4.78 is 11.7. The predicted molar refractivity (Wildman–Crippen MR) is 113 cm³/mol. The second-order valence-electron chi connectivity index (χ2n) is 4.43. The van der Waals surface area contributed by atoms with Gasteiger partial charge in [-0.15, -0.1) is 0 Å². The van der Waals surface area contributed by atoms with Gasteiger partial charge in [-0.3, -0.25) is 0 Å². The highest BCUT2D eigenvalue weighted by Crippen LogP contribution is 2.41. The zero-order valence-electron chi connectivity index (χ0n) is 12.7. The fraction of sp³-hybridized carbons (Fsp3) is 0.125. The van der Waals surface area contributed by atoms with Gasteiger partial charge in [-0.2, -0.15) is 0 Å². The van der Waals surface area contributed by atoms with E-state index in [1.165, 1.54) is 35.8 Å². The lowest BCUT2D eigenvalue weighted by atomic mass is 10.2. The van der Waals surface area contributed by atoms with Crippen LogP contribution in [-0.2, 0) is 9.47 Å². The Morgan fingerprint density at radius 3 is 1.50 bits per heavy atom. The molecule has 0 aliphatic rings. The van der Waals surface area contributed by atoms with Crippen LogP contribution in [0.5, 0.6) is 0 Å². The molecule has 2 aromatic carbocycles. The Bertz CT molecular complexity index is 715. The van der Waals surface area contributed by atoms with Crippen molar-refractivity contribution >= 4 is 78.7 Å². The van der Waals surface area contributed by atoms with E-state index in [2.05, 4.69) is 45.2 Å². The molecule has 0 saturated heterocycles. The first-order chi connectivity index (χ1) is 11.5. The van der Waals surface area contributed by atoms with Crippen molar-refractivity contribution in [3.8, 4) is 0 Å². The number of hydrogen-bond acceptors (Lipinski definition) is 6. The van der Waals surface area contributed by atoms with Crippen LogP contribution in [-0.4, -0.2) is 26.2 Å². The molecule has 0 heterocycles. The van der Waals surface area contributed by atoms with E-state index in [4.69, 9.17) is 9.47 Å². The summed E-state index contributed by atoms with van der Waals surface area (Å²) in [6.07, 6.45) is 0. The first-order valence-corrected chi connectivity index (χ1v) is 10.9. The summed E-state index contributed by atoms with van der Waals surface area (Å²) in [5.41, 5.74) is 1.00. The topological polar surface area (TPSA) is 52.6 Å². The van der Waals surface area contributed by atoms with Crippen molar-refractivity contribution in [3.05, 3.63) is 54.7 Å². The summed E-state index contributed by atoms with van der Waals surface area (Å²) in [7, 11) is 5.53. The smallest absolute Gasteiger partial charge is 0.339 e. The molecule has 0 N–H and O–H groups in total. The van der Waals surface area contributed by atoms with Crippen LogP contribution >= 0.6 is 66.8 Å².